The van der Waals surface area contributed by atoms with Crippen molar-refractivity contribution in [2.75, 3.05) is 0 Å². The first-order valence-corrected chi connectivity index (χ1v) is 4.43. The van der Waals surface area contributed by atoms with E-state index in [0.29, 0.717) is 12.8 Å². The quantitative estimate of drug-likeness (QED) is 0.642. The van der Waals surface area contributed by atoms with Gasteiger partial charge in [-0.15, -0.1) is 0 Å². The molecule has 0 bridgehead atoms. The summed E-state index contributed by atoms with van der Waals surface area (Å²) in [5, 5.41) is 8.97. The van der Waals surface area contributed by atoms with E-state index in [-0.39, 0.29) is 12.1 Å². The summed E-state index contributed by atoms with van der Waals surface area (Å²) >= 11 is 0. The van der Waals surface area contributed by atoms with Gasteiger partial charge >= 0.3 is 5.97 Å². The average molecular weight is 174 g/mol. The number of ether oxygens (including phenoxy) is 1. The fourth-order valence-corrected chi connectivity index (χ4v) is 1.02. The van der Waals surface area contributed by atoms with Gasteiger partial charge in [-0.3, -0.25) is 4.79 Å². The van der Waals surface area contributed by atoms with E-state index in [1.54, 1.807) is 13.8 Å². The highest BCUT2D eigenvalue weighted by Gasteiger charge is 2.10. The summed E-state index contributed by atoms with van der Waals surface area (Å²) < 4.78 is 5.00. The van der Waals surface area contributed by atoms with Crippen molar-refractivity contribution < 1.29 is 14.6 Å². The van der Waals surface area contributed by atoms with E-state index in [9.17, 15) is 4.79 Å². The molecule has 0 rings (SSSR count). The van der Waals surface area contributed by atoms with Gasteiger partial charge in [-0.1, -0.05) is 6.92 Å². The Bertz CT molecular complexity index is 132. The molecule has 0 amide bonds. The average Bonchev–Trinajstić information content (AvgIpc) is 1.84. The molecule has 0 saturated heterocycles. The molecular formula is C9H18O3. The second-order valence-electron chi connectivity index (χ2n) is 3.14. The van der Waals surface area contributed by atoms with E-state index in [4.69, 9.17) is 9.84 Å². The second kappa shape index (κ2) is 6.00. The molecule has 0 aliphatic heterocycles. The van der Waals surface area contributed by atoms with Crippen LogP contribution in [-0.4, -0.2) is 23.3 Å². The molecule has 0 saturated carbocycles. The maximum absolute atomic E-state index is 10.9. The maximum Gasteiger partial charge on any atom is 0.306 e. The fraction of sp³-hybridized carbons (Fsp3) is 0.889. The highest BCUT2D eigenvalue weighted by molar-refractivity contribution is 5.69. The molecule has 0 fully saturated rings. The Kier molecular flexibility index (Phi) is 5.72. The van der Waals surface area contributed by atoms with Gasteiger partial charge in [-0.25, -0.2) is 0 Å². The molecule has 0 heterocycles. The number of carbonyl (C=O) groups is 1. The van der Waals surface area contributed by atoms with E-state index in [1.807, 2.05) is 6.92 Å². The molecule has 3 heteroatoms. The van der Waals surface area contributed by atoms with Crippen LogP contribution in [0.3, 0.4) is 0 Å². The van der Waals surface area contributed by atoms with Gasteiger partial charge in [-0.2, -0.15) is 0 Å². The van der Waals surface area contributed by atoms with E-state index in [1.165, 1.54) is 0 Å². The van der Waals surface area contributed by atoms with Gasteiger partial charge < -0.3 is 9.84 Å². The third kappa shape index (κ3) is 6.16. The molecule has 0 aromatic carbocycles. The summed E-state index contributed by atoms with van der Waals surface area (Å²) in [6, 6.07) is 0. The zero-order chi connectivity index (χ0) is 9.56. The second-order valence-corrected chi connectivity index (χ2v) is 3.14. The first-order chi connectivity index (χ1) is 5.56. The van der Waals surface area contributed by atoms with Crippen molar-refractivity contribution in [3.05, 3.63) is 0 Å². The lowest BCUT2D eigenvalue weighted by Crippen LogP contribution is -2.19. The molecule has 0 aliphatic rings. The minimum Gasteiger partial charge on any atom is -0.463 e. The van der Waals surface area contributed by atoms with Gasteiger partial charge in [0.1, 0.15) is 6.10 Å². The van der Waals surface area contributed by atoms with E-state index in [2.05, 4.69) is 0 Å². The summed E-state index contributed by atoms with van der Waals surface area (Å²) in [4.78, 5) is 10.9. The van der Waals surface area contributed by atoms with Crippen LogP contribution in [0, 0.1) is 0 Å². The molecule has 0 spiro atoms. The molecule has 3 nitrogen and oxygen atoms in total. The van der Waals surface area contributed by atoms with Crippen molar-refractivity contribution in [2.24, 2.45) is 0 Å². The van der Waals surface area contributed by atoms with Gasteiger partial charge in [0, 0.05) is 12.8 Å². The number of aliphatic hydroxyl groups is 1. The number of hydrogen-bond acceptors (Lipinski definition) is 3. The highest BCUT2D eigenvalue weighted by atomic mass is 16.5. The Morgan fingerprint density at radius 2 is 2.08 bits per heavy atom. The standard InChI is InChI=1S/C9H18O3/c1-4-5-9(11)12-8(3)6-7(2)10/h7-8,10H,4-6H2,1-3H3/t7-,8-/m1/s1. The highest BCUT2D eigenvalue weighted by Crippen LogP contribution is 2.03. The lowest BCUT2D eigenvalue weighted by molar-refractivity contribution is -0.149. The molecule has 2 atom stereocenters. The van der Waals surface area contributed by atoms with Crippen LogP contribution >= 0.6 is 0 Å². The zero-order valence-electron chi connectivity index (χ0n) is 8.04. The monoisotopic (exact) mass is 174 g/mol. The summed E-state index contributed by atoms with van der Waals surface area (Å²) in [7, 11) is 0. The molecule has 1 N–H and O–H groups in total. The molecule has 0 aliphatic carbocycles. The van der Waals surface area contributed by atoms with Crippen LogP contribution in [-0.2, 0) is 9.53 Å². The van der Waals surface area contributed by atoms with Gasteiger partial charge in [0.2, 0.25) is 0 Å². The first-order valence-electron chi connectivity index (χ1n) is 4.43. The summed E-state index contributed by atoms with van der Waals surface area (Å²) in [6.07, 6.45) is 1.19. The summed E-state index contributed by atoms with van der Waals surface area (Å²) in [5.41, 5.74) is 0. The van der Waals surface area contributed by atoms with Crippen LogP contribution in [0.1, 0.15) is 40.0 Å². The van der Waals surface area contributed by atoms with Crippen LogP contribution in [0.5, 0.6) is 0 Å². The lowest BCUT2D eigenvalue weighted by Gasteiger charge is -2.14. The normalized spacial score (nSPS) is 15.3. The third-order valence-corrected chi connectivity index (χ3v) is 1.46. The van der Waals surface area contributed by atoms with Crippen molar-refractivity contribution in [3.63, 3.8) is 0 Å². The molecular weight excluding hydrogens is 156 g/mol. The molecule has 0 aromatic heterocycles. The van der Waals surface area contributed by atoms with Crippen molar-refractivity contribution >= 4 is 5.97 Å². The molecule has 12 heavy (non-hydrogen) atoms. The number of hydrogen-bond donors (Lipinski definition) is 1. The Morgan fingerprint density at radius 1 is 1.50 bits per heavy atom. The van der Waals surface area contributed by atoms with Gasteiger partial charge in [0.05, 0.1) is 6.10 Å². The lowest BCUT2D eigenvalue weighted by atomic mass is 10.2. The van der Waals surface area contributed by atoms with Crippen molar-refractivity contribution in [1.82, 2.24) is 0 Å². The Balaban J connectivity index is 3.54. The number of esters is 1. The van der Waals surface area contributed by atoms with Crippen LogP contribution < -0.4 is 0 Å². The van der Waals surface area contributed by atoms with Crippen LogP contribution in [0.25, 0.3) is 0 Å². The van der Waals surface area contributed by atoms with Crippen molar-refractivity contribution in [1.29, 1.82) is 0 Å². The Labute approximate surface area is 73.7 Å². The van der Waals surface area contributed by atoms with E-state index < -0.39 is 6.10 Å². The van der Waals surface area contributed by atoms with Gasteiger partial charge in [-0.05, 0) is 20.3 Å². The largest absolute Gasteiger partial charge is 0.463 e. The zero-order valence-corrected chi connectivity index (χ0v) is 8.04. The van der Waals surface area contributed by atoms with E-state index >= 15 is 0 Å². The predicted octanol–water partition coefficient (Wildman–Crippen LogP) is 1.49. The van der Waals surface area contributed by atoms with Gasteiger partial charge in [0.25, 0.3) is 0 Å². The van der Waals surface area contributed by atoms with Crippen LogP contribution in [0.4, 0.5) is 0 Å². The third-order valence-electron chi connectivity index (χ3n) is 1.46. The number of aliphatic hydroxyl groups excluding tert-OH is 1. The van der Waals surface area contributed by atoms with Crippen LogP contribution in [0.2, 0.25) is 0 Å². The number of rotatable bonds is 5. The first kappa shape index (κ1) is 11.4. The summed E-state index contributed by atoms with van der Waals surface area (Å²) in [5.74, 6) is -0.175. The Morgan fingerprint density at radius 3 is 2.50 bits per heavy atom. The minimum absolute atomic E-state index is 0.175. The summed E-state index contributed by atoms with van der Waals surface area (Å²) in [6.45, 7) is 5.41. The maximum atomic E-state index is 10.9. The van der Waals surface area contributed by atoms with Crippen LogP contribution in [0.15, 0.2) is 0 Å². The fourth-order valence-electron chi connectivity index (χ4n) is 1.02. The minimum atomic E-state index is -0.408. The number of carbonyl (C=O) groups excluding carboxylic acids is 1. The topological polar surface area (TPSA) is 46.5 Å². The predicted molar refractivity (Wildman–Crippen MR) is 46.8 cm³/mol. The molecule has 0 aromatic rings. The Hall–Kier alpha value is -0.570. The van der Waals surface area contributed by atoms with Gasteiger partial charge in [0.15, 0.2) is 0 Å². The SMILES string of the molecule is CCCC(=O)O[C@H](C)C[C@@H](C)O. The van der Waals surface area contributed by atoms with Crippen molar-refractivity contribution in [3.8, 4) is 0 Å². The molecule has 0 radical (unpaired) electrons. The smallest absolute Gasteiger partial charge is 0.306 e. The van der Waals surface area contributed by atoms with E-state index in [0.717, 1.165) is 6.42 Å². The molecule has 0 unspecified atom stereocenters. The van der Waals surface area contributed by atoms with Crippen molar-refractivity contribution in [2.45, 2.75) is 52.2 Å². The molecule has 72 valence electrons.